The number of nitrogens with zero attached hydrogens (tertiary/aromatic N) is 2. The summed E-state index contributed by atoms with van der Waals surface area (Å²) in [5, 5.41) is 3.26. The fraction of sp³-hybridized carbons (Fsp3) is 0.333. The lowest BCUT2D eigenvalue weighted by atomic mass is 10.1. The molecule has 2 aromatic rings. The number of rotatable bonds is 4. The fourth-order valence-electron chi connectivity index (χ4n) is 3.78. The lowest BCUT2D eigenvalue weighted by molar-refractivity contribution is -0.121. The Morgan fingerprint density at radius 1 is 1.00 bits per heavy atom. The predicted octanol–water partition coefficient (Wildman–Crippen LogP) is 2.99. The third kappa shape index (κ3) is 2.94. The molecule has 1 saturated heterocycles. The average Bonchev–Trinajstić information content (AvgIpc) is 3.19. The van der Waals surface area contributed by atoms with Crippen molar-refractivity contribution in [3.05, 3.63) is 53.6 Å². The van der Waals surface area contributed by atoms with Crippen molar-refractivity contribution in [2.45, 2.75) is 31.7 Å². The lowest BCUT2D eigenvalue weighted by Crippen LogP contribution is -2.34. The van der Waals surface area contributed by atoms with Crippen LogP contribution in [0.2, 0.25) is 0 Å². The minimum Gasteiger partial charge on any atom is -0.378 e. The van der Waals surface area contributed by atoms with E-state index in [1.54, 1.807) is 0 Å². The third-order valence-electron chi connectivity index (χ3n) is 5.21. The van der Waals surface area contributed by atoms with Crippen LogP contribution in [0.4, 0.5) is 17.1 Å². The second kappa shape index (κ2) is 6.48. The van der Waals surface area contributed by atoms with E-state index in [0.29, 0.717) is 5.69 Å². The number of hydrogen-bond acceptors (Lipinski definition) is 4. The Balaban J connectivity index is 1.51. The molecule has 1 fully saturated rings. The highest BCUT2D eigenvalue weighted by Gasteiger charge is 2.39. The van der Waals surface area contributed by atoms with Gasteiger partial charge < -0.3 is 10.2 Å². The molecule has 26 heavy (non-hydrogen) atoms. The van der Waals surface area contributed by atoms with Gasteiger partial charge in [-0.05, 0) is 66.8 Å². The van der Waals surface area contributed by atoms with Gasteiger partial charge in [0.05, 0.1) is 12.1 Å². The Hall–Kier alpha value is -2.82. The predicted molar refractivity (Wildman–Crippen MR) is 104 cm³/mol. The smallest absolute Gasteiger partial charge is 0.256 e. The maximum atomic E-state index is 12.8. The Bertz CT molecular complexity index is 858. The molecule has 0 aromatic heterocycles. The summed E-state index contributed by atoms with van der Waals surface area (Å²) in [5.41, 5.74) is 5.32. The number of amides is 2. The summed E-state index contributed by atoms with van der Waals surface area (Å²) in [6.07, 6.45) is 3.60. The quantitative estimate of drug-likeness (QED) is 0.862. The number of fused-ring (bicyclic) bond motifs is 1. The average molecular weight is 349 g/mol. The Kier molecular flexibility index (Phi) is 4.15. The molecule has 2 aliphatic rings. The highest BCUT2D eigenvalue weighted by molar-refractivity contribution is 6.23. The molecule has 1 heterocycles. The first-order valence-electron chi connectivity index (χ1n) is 9.05. The first kappa shape index (κ1) is 16.6. The van der Waals surface area contributed by atoms with E-state index in [9.17, 15) is 9.59 Å². The Labute approximate surface area is 153 Å². The molecule has 134 valence electrons. The van der Waals surface area contributed by atoms with Crippen molar-refractivity contribution >= 4 is 28.9 Å². The molecule has 4 rings (SSSR count). The normalized spacial score (nSPS) is 19.0. The molecule has 1 aliphatic carbocycles. The van der Waals surface area contributed by atoms with Gasteiger partial charge in [-0.1, -0.05) is 6.07 Å². The number of carbonyl (C=O) groups is 2. The van der Waals surface area contributed by atoms with Gasteiger partial charge in [0.1, 0.15) is 6.04 Å². The van der Waals surface area contributed by atoms with Gasteiger partial charge >= 0.3 is 0 Å². The van der Waals surface area contributed by atoms with Gasteiger partial charge in [-0.15, -0.1) is 0 Å². The first-order chi connectivity index (χ1) is 12.5. The van der Waals surface area contributed by atoms with Gasteiger partial charge in [-0.25, -0.2) is 4.90 Å². The fourth-order valence-corrected chi connectivity index (χ4v) is 3.78. The molecule has 5 nitrogen and oxygen atoms in total. The zero-order valence-electron chi connectivity index (χ0n) is 15.2. The molecule has 1 aliphatic heterocycles. The van der Waals surface area contributed by atoms with Crippen molar-refractivity contribution in [1.29, 1.82) is 0 Å². The van der Waals surface area contributed by atoms with Crippen LogP contribution in [0, 0.1) is 0 Å². The number of hydrogen-bond donors (Lipinski definition) is 1. The highest BCUT2D eigenvalue weighted by atomic mass is 16.2. The molecule has 0 unspecified atom stereocenters. The van der Waals surface area contributed by atoms with E-state index in [1.807, 2.05) is 49.3 Å². The molecular weight excluding hydrogens is 326 g/mol. The second-order valence-electron chi connectivity index (χ2n) is 7.22. The largest absolute Gasteiger partial charge is 0.378 e. The summed E-state index contributed by atoms with van der Waals surface area (Å²) in [4.78, 5) is 28.5. The van der Waals surface area contributed by atoms with Crippen LogP contribution in [0.3, 0.4) is 0 Å². The van der Waals surface area contributed by atoms with Crippen LogP contribution in [0.5, 0.6) is 0 Å². The lowest BCUT2D eigenvalue weighted by Gasteiger charge is -2.18. The number of nitrogens with one attached hydrogen (secondary N) is 1. The van der Waals surface area contributed by atoms with Gasteiger partial charge in [0.15, 0.2) is 0 Å². The van der Waals surface area contributed by atoms with E-state index in [1.165, 1.54) is 22.4 Å². The summed E-state index contributed by atoms with van der Waals surface area (Å²) in [6, 6.07) is 13.2. The number of aryl methyl sites for hydroxylation is 2. The van der Waals surface area contributed by atoms with Crippen LogP contribution in [-0.2, 0) is 22.4 Å². The summed E-state index contributed by atoms with van der Waals surface area (Å²) < 4.78 is 0. The Morgan fingerprint density at radius 3 is 2.46 bits per heavy atom. The third-order valence-corrected chi connectivity index (χ3v) is 5.21. The monoisotopic (exact) mass is 349 g/mol. The van der Waals surface area contributed by atoms with Gasteiger partial charge in [-0.3, -0.25) is 9.59 Å². The summed E-state index contributed by atoms with van der Waals surface area (Å²) >= 11 is 0. The summed E-state index contributed by atoms with van der Waals surface area (Å²) in [6.45, 7) is 0. The number of imide groups is 1. The van der Waals surface area contributed by atoms with Gasteiger partial charge in [-0.2, -0.15) is 0 Å². The van der Waals surface area contributed by atoms with Crippen LogP contribution >= 0.6 is 0 Å². The molecule has 0 saturated carbocycles. The van der Waals surface area contributed by atoms with E-state index in [2.05, 4.69) is 17.4 Å². The van der Waals surface area contributed by atoms with E-state index in [0.717, 1.165) is 24.2 Å². The van der Waals surface area contributed by atoms with Gasteiger partial charge in [0.25, 0.3) is 5.91 Å². The maximum Gasteiger partial charge on any atom is 0.256 e. The van der Waals surface area contributed by atoms with Gasteiger partial charge in [0, 0.05) is 25.5 Å². The SMILES string of the molecule is CN(C)c1ccc(N2C(=O)C[C@@H](Nc3ccc4c(c3)CCC4)C2=O)cc1. The van der Waals surface area contributed by atoms with Crippen molar-refractivity contribution in [2.24, 2.45) is 0 Å². The van der Waals surface area contributed by atoms with Crippen LogP contribution < -0.4 is 15.1 Å². The second-order valence-corrected chi connectivity index (χ2v) is 7.22. The maximum absolute atomic E-state index is 12.8. The molecule has 0 bridgehead atoms. The molecule has 0 spiro atoms. The molecule has 2 amide bonds. The molecule has 0 radical (unpaired) electrons. The van der Waals surface area contributed by atoms with E-state index in [-0.39, 0.29) is 18.2 Å². The summed E-state index contributed by atoms with van der Waals surface area (Å²) in [7, 11) is 3.91. The van der Waals surface area contributed by atoms with Crippen LogP contribution in [0.1, 0.15) is 24.0 Å². The van der Waals surface area contributed by atoms with E-state index >= 15 is 0 Å². The zero-order chi connectivity index (χ0) is 18.3. The van der Waals surface area contributed by atoms with Crippen molar-refractivity contribution in [3.8, 4) is 0 Å². The Morgan fingerprint density at radius 2 is 1.73 bits per heavy atom. The van der Waals surface area contributed by atoms with Crippen LogP contribution in [-0.4, -0.2) is 32.0 Å². The zero-order valence-corrected chi connectivity index (χ0v) is 15.2. The minimum absolute atomic E-state index is 0.161. The first-order valence-corrected chi connectivity index (χ1v) is 9.05. The van der Waals surface area contributed by atoms with Gasteiger partial charge in [0.2, 0.25) is 5.91 Å². The van der Waals surface area contributed by atoms with Crippen molar-refractivity contribution < 1.29 is 9.59 Å². The van der Waals surface area contributed by atoms with E-state index < -0.39 is 6.04 Å². The number of anilines is 3. The summed E-state index contributed by atoms with van der Waals surface area (Å²) in [5.74, 6) is -0.348. The minimum atomic E-state index is -0.504. The van der Waals surface area contributed by atoms with E-state index in [4.69, 9.17) is 0 Å². The molecule has 1 atom stereocenters. The molecule has 5 heteroatoms. The number of carbonyl (C=O) groups excluding carboxylic acids is 2. The van der Waals surface area contributed by atoms with Crippen molar-refractivity contribution in [3.63, 3.8) is 0 Å². The highest BCUT2D eigenvalue weighted by Crippen LogP contribution is 2.29. The number of benzene rings is 2. The molecule has 1 N–H and O–H groups in total. The van der Waals surface area contributed by atoms with Crippen LogP contribution in [0.25, 0.3) is 0 Å². The molecule has 2 aromatic carbocycles. The van der Waals surface area contributed by atoms with Crippen molar-refractivity contribution in [2.75, 3.05) is 29.2 Å². The van der Waals surface area contributed by atoms with Crippen molar-refractivity contribution in [1.82, 2.24) is 0 Å². The molecular formula is C21H23N3O2. The topological polar surface area (TPSA) is 52.6 Å². The standard InChI is InChI=1S/C21H23N3O2/c1-23(2)17-8-10-18(11-9-17)24-20(25)13-19(21(24)26)22-16-7-6-14-4-3-5-15(14)12-16/h6-12,19,22H,3-5,13H2,1-2H3/t19-/m1/s1. The van der Waals surface area contributed by atoms with Crippen LogP contribution in [0.15, 0.2) is 42.5 Å².